The summed E-state index contributed by atoms with van der Waals surface area (Å²) in [5.41, 5.74) is 5.56. The van der Waals surface area contributed by atoms with E-state index in [0.717, 1.165) is 0 Å². The Hall–Kier alpha value is -1.32. The number of rotatable bonds is 3. The second-order valence-corrected chi connectivity index (χ2v) is 6.83. The number of amides is 1. The Balaban J connectivity index is 3.01. The normalized spacial score (nSPS) is 20.7. The van der Waals surface area contributed by atoms with Crippen LogP contribution < -0.4 is 5.73 Å². The Kier molecular flexibility index (Phi) is 6.84. The van der Waals surface area contributed by atoms with Gasteiger partial charge in [-0.25, -0.2) is 4.79 Å². The number of hydrogen-bond acceptors (Lipinski definition) is 7. The van der Waals surface area contributed by atoms with Crippen molar-refractivity contribution in [1.29, 1.82) is 0 Å². The zero-order valence-electron chi connectivity index (χ0n) is 14.6. The van der Waals surface area contributed by atoms with E-state index in [4.69, 9.17) is 19.9 Å². The smallest absolute Gasteiger partial charge is 0.410 e. The lowest BCUT2D eigenvalue weighted by atomic mass is 10.0. The minimum absolute atomic E-state index is 0.196. The van der Waals surface area contributed by atoms with Crippen LogP contribution in [-0.2, 0) is 14.2 Å². The molecule has 23 heavy (non-hydrogen) atoms. The minimum atomic E-state index is -1.01. The predicted octanol–water partition coefficient (Wildman–Crippen LogP) is 1.65. The van der Waals surface area contributed by atoms with Gasteiger partial charge in [0.1, 0.15) is 11.3 Å². The summed E-state index contributed by atoms with van der Waals surface area (Å²) in [4.78, 5) is 13.8. The van der Waals surface area contributed by atoms with E-state index in [1.807, 2.05) is 20.8 Å². The number of amidine groups is 1. The molecule has 0 aromatic carbocycles. The van der Waals surface area contributed by atoms with Crippen LogP contribution in [0.5, 0.6) is 0 Å². The molecule has 0 atom stereocenters. The molecule has 0 aliphatic carbocycles. The van der Waals surface area contributed by atoms with E-state index in [0.29, 0.717) is 23.8 Å². The standard InChI is InChI=1S/C14H26N4O4S/c1-13(2,3)22-12(19)18-8-7-14(20-4,21-5)10(9-18)16-17-11(15)23-6/h7-9H2,1-6H3,(H2,15,17)/b16-10+. The second-order valence-electron chi connectivity index (χ2n) is 6.00. The number of ether oxygens (including phenoxy) is 3. The Bertz CT molecular complexity index is 484. The van der Waals surface area contributed by atoms with Crippen LogP contribution in [0.25, 0.3) is 0 Å². The summed E-state index contributed by atoms with van der Waals surface area (Å²) in [5.74, 6) is -1.01. The maximum absolute atomic E-state index is 12.2. The zero-order chi connectivity index (χ0) is 17.7. The largest absolute Gasteiger partial charge is 0.444 e. The lowest BCUT2D eigenvalue weighted by molar-refractivity contribution is -0.166. The Morgan fingerprint density at radius 2 is 1.96 bits per heavy atom. The van der Waals surface area contributed by atoms with E-state index in [9.17, 15) is 4.79 Å². The second kappa shape index (κ2) is 7.98. The van der Waals surface area contributed by atoms with Gasteiger partial charge in [-0.15, -0.1) is 10.2 Å². The summed E-state index contributed by atoms with van der Waals surface area (Å²) in [7, 11) is 3.06. The first kappa shape index (κ1) is 19.7. The third-order valence-electron chi connectivity index (χ3n) is 3.28. The number of piperidine rings is 1. The summed E-state index contributed by atoms with van der Waals surface area (Å²) in [6.07, 6.45) is 1.81. The van der Waals surface area contributed by atoms with Gasteiger partial charge in [0.15, 0.2) is 5.17 Å². The summed E-state index contributed by atoms with van der Waals surface area (Å²) in [6.45, 7) is 6.09. The van der Waals surface area contributed by atoms with Crippen LogP contribution in [0.3, 0.4) is 0 Å². The number of carbonyl (C=O) groups excluding carboxylic acids is 1. The molecule has 1 aliphatic rings. The topological polar surface area (TPSA) is 98.7 Å². The van der Waals surface area contributed by atoms with E-state index in [1.54, 1.807) is 11.2 Å². The molecule has 132 valence electrons. The van der Waals surface area contributed by atoms with E-state index in [2.05, 4.69) is 10.2 Å². The van der Waals surface area contributed by atoms with Crippen molar-refractivity contribution in [3.63, 3.8) is 0 Å². The van der Waals surface area contributed by atoms with Gasteiger partial charge >= 0.3 is 6.09 Å². The fraction of sp³-hybridized carbons (Fsp3) is 0.786. The molecule has 0 radical (unpaired) electrons. The van der Waals surface area contributed by atoms with Gasteiger partial charge in [0.05, 0.1) is 6.54 Å². The summed E-state index contributed by atoms with van der Waals surface area (Å²) in [6, 6.07) is 0. The number of carbonyl (C=O) groups is 1. The molecule has 1 heterocycles. The van der Waals surface area contributed by atoms with Gasteiger partial charge in [-0.1, -0.05) is 11.8 Å². The van der Waals surface area contributed by atoms with Gasteiger partial charge in [-0.3, -0.25) is 0 Å². The van der Waals surface area contributed by atoms with Crippen molar-refractivity contribution in [3.8, 4) is 0 Å². The van der Waals surface area contributed by atoms with Crippen molar-refractivity contribution in [2.75, 3.05) is 33.6 Å². The van der Waals surface area contributed by atoms with E-state index in [1.165, 1.54) is 26.0 Å². The zero-order valence-corrected chi connectivity index (χ0v) is 15.4. The van der Waals surface area contributed by atoms with Gasteiger partial charge in [-0.05, 0) is 27.0 Å². The monoisotopic (exact) mass is 346 g/mol. The number of methoxy groups -OCH3 is 2. The van der Waals surface area contributed by atoms with E-state index in [-0.39, 0.29) is 6.54 Å². The van der Waals surface area contributed by atoms with Crippen molar-refractivity contribution < 1.29 is 19.0 Å². The number of likely N-dealkylation sites (tertiary alicyclic amines) is 1. The van der Waals surface area contributed by atoms with Crippen molar-refractivity contribution in [1.82, 2.24) is 4.90 Å². The Labute approximate surface area is 141 Å². The molecule has 0 unspecified atom stereocenters. The minimum Gasteiger partial charge on any atom is -0.444 e. The predicted molar refractivity (Wildman–Crippen MR) is 91.7 cm³/mol. The van der Waals surface area contributed by atoms with Gasteiger partial charge in [-0.2, -0.15) is 0 Å². The molecular formula is C14H26N4O4S. The maximum Gasteiger partial charge on any atom is 0.410 e. The third-order valence-corrected chi connectivity index (χ3v) is 3.78. The molecule has 0 aromatic rings. The van der Waals surface area contributed by atoms with Gasteiger partial charge in [0.2, 0.25) is 5.79 Å². The van der Waals surface area contributed by atoms with Gasteiger partial charge < -0.3 is 24.8 Å². The van der Waals surface area contributed by atoms with Crippen LogP contribution >= 0.6 is 11.8 Å². The highest BCUT2D eigenvalue weighted by Gasteiger charge is 2.43. The van der Waals surface area contributed by atoms with Crippen LogP contribution in [0.15, 0.2) is 10.2 Å². The van der Waals surface area contributed by atoms with Crippen molar-refractivity contribution >= 4 is 28.7 Å². The molecule has 0 bridgehead atoms. The third kappa shape index (κ3) is 5.36. The molecule has 9 heteroatoms. The molecule has 1 fully saturated rings. The quantitative estimate of drug-likeness (QED) is 0.361. The highest BCUT2D eigenvalue weighted by atomic mass is 32.2. The van der Waals surface area contributed by atoms with Crippen molar-refractivity contribution in [3.05, 3.63) is 0 Å². The molecule has 1 rings (SSSR count). The average molecular weight is 346 g/mol. The molecule has 1 aliphatic heterocycles. The molecule has 0 spiro atoms. The SMILES string of the molecule is COC1(OC)CCN(C(=O)OC(C)(C)C)C/C1=N\N=C(/N)SC. The summed E-state index contributed by atoms with van der Waals surface area (Å²) >= 11 is 1.28. The van der Waals surface area contributed by atoms with E-state index >= 15 is 0 Å². The lowest BCUT2D eigenvalue weighted by Crippen LogP contribution is -2.56. The lowest BCUT2D eigenvalue weighted by Gasteiger charge is -2.40. The first-order valence-electron chi connectivity index (χ1n) is 7.20. The van der Waals surface area contributed by atoms with E-state index < -0.39 is 17.5 Å². The fourth-order valence-corrected chi connectivity index (χ4v) is 2.19. The van der Waals surface area contributed by atoms with Crippen LogP contribution in [-0.4, -0.2) is 66.8 Å². The van der Waals surface area contributed by atoms with Crippen molar-refractivity contribution in [2.24, 2.45) is 15.9 Å². The highest BCUT2D eigenvalue weighted by molar-refractivity contribution is 8.13. The van der Waals surface area contributed by atoms with Gasteiger partial charge in [0.25, 0.3) is 0 Å². The van der Waals surface area contributed by atoms with Crippen molar-refractivity contribution in [2.45, 2.75) is 38.6 Å². The average Bonchev–Trinajstić information content (AvgIpc) is 2.50. The first-order chi connectivity index (χ1) is 10.7. The maximum atomic E-state index is 12.2. The van der Waals surface area contributed by atoms with Crippen LogP contribution in [0.2, 0.25) is 0 Å². The van der Waals surface area contributed by atoms with Gasteiger partial charge in [0, 0.05) is 27.2 Å². The summed E-state index contributed by atoms with van der Waals surface area (Å²) in [5, 5.41) is 8.38. The number of nitrogens with zero attached hydrogens (tertiary/aromatic N) is 3. The molecule has 1 saturated heterocycles. The van der Waals surface area contributed by atoms with Crippen LogP contribution in [0, 0.1) is 0 Å². The first-order valence-corrected chi connectivity index (χ1v) is 8.42. The highest BCUT2D eigenvalue weighted by Crippen LogP contribution is 2.26. The molecule has 8 nitrogen and oxygen atoms in total. The number of nitrogens with two attached hydrogens (primary N) is 1. The Morgan fingerprint density at radius 3 is 2.43 bits per heavy atom. The van der Waals surface area contributed by atoms with Crippen LogP contribution in [0.4, 0.5) is 4.79 Å². The number of thioether (sulfide) groups is 1. The van der Waals surface area contributed by atoms with Crippen LogP contribution in [0.1, 0.15) is 27.2 Å². The molecule has 2 N–H and O–H groups in total. The molecular weight excluding hydrogens is 320 g/mol. The Morgan fingerprint density at radius 1 is 1.35 bits per heavy atom. The molecule has 1 amide bonds. The molecule has 0 aromatic heterocycles. The molecule has 0 saturated carbocycles. The number of hydrogen-bond donors (Lipinski definition) is 1. The fourth-order valence-electron chi connectivity index (χ4n) is 2.07. The summed E-state index contributed by atoms with van der Waals surface area (Å²) < 4.78 is 16.4.